The minimum atomic E-state index is -0.922. The molecule has 0 bridgehead atoms. The van der Waals surface area contributed by atoms with Gasteiger partial charge in [-0.3, -0.25) is 9.59 Å². The number of esters is 2. The normalized spacial score (nSPS) is 13.0. The number of carbonyl (C=O) groups is 2. The Morgan fingerprint density at radius 1 is 0.914 bits per heavy atom. The molecule has 0 spiro atoms. The highest BCUT2D eigenvalue weighted by atomic mass is 35.5. The zero-order chi connectivity index (χ0) is 26.2. The van der Waals surface area contributed by atoms with Crippen LogP contribution >= 0.6 is 34.8 Å². The lowest BCUT2D eigenvalue weighted by Crippen LogP contribution is -2.26. The van der Waals surface area contributed by atoms with E-state index in [9.17, 15) is 14.7 Å². The molecule has 0 heterocycles. The van der Waals surface area contributed by atoms with Crippen LogP contribution in [-0.2, 0) is 24.5 Å². The van der Waals surface area contributed by atoms with Crippen molar-refractivity contribution < 1.29 is 33.6 Å². The molecule has 0 radical (unpaired) electrons. The van der Waals surface area contributed by atoms with Gasteiger partial charge in [0.2, 0.25) is 0 Å². The van der Waals surface area contributed by atoms with Crippen LogP contribution in [0.3, 0.4) is 0 Å². The predicted molar refractivity (Wildman–Crippen MR) is 135 cm³/mol. The van der Waals surface area contributed by atoms with Gasteiger partial charge in [-0.1, -0.05) is 49.2 Å². The summed E-state index contributed by atoms with van der Waals surface area (Å²) in [6.45, 7) is 6.50. The molecule has 10 heteroatoms. The van der Waals surface area contributed by atoms with E-state index in [0.29, 0.717) is 15.8 Å². The Bertz CT molecular complexity index is 986. The first kappa shape index (κ1) is 29.0. The topological polar surface area (TPSA) is 91.3 Å². The number of alkyl halides is 1. The highest BCUT2D eigenvalue weighted by molar-refractivity contribution is 6.37. The maximum atomic E-state index is 11.2. The molecule has 2 atom stereocenters. The lowest BCUT2D eigenvalue weighted by Gasteiger charge is -2.27. The van der Waals surface area contributed by atoms with Crippen LogP contribution in [-0.4, -0.2) is 55.0 Å². The first-order valence-electron chi connectivity index (χ1n) is 10.8. The number of ether oxygens (including phenoxy) is 4. The van der Waals surface area contributed by atoms with Gasteiger partial charge < -0.3 is 24.1 Å². The molecule has 7 nitrogen and oxygen atoms in total. The Morgan fingerprint density at radius 2 is 1.51 bits per heavy atom. The van der Waals surface area contributed by atoms with Crippen LogP contribution < -0.4 is 9.47 Å². The van der Waals surface area contributed by atoms with Crippen LogP contribution in [0.25, 0.3) is 0 Å². The monoisotopic (exact) mass is 546 g/mol. The summed E-state index contributed by atoms with van der Waals surface area (Å²) in [5, 5.41) is 10.5. The molecule has 2 rings (SSSR count). The molecule has 0 aliphatic rings. The summed E-state index contributed by atoms with van der Waals surface area (Å²) in [6.07, 6.45) is -1.55. The van der Waals surface area contributed by atoms with Crippen LogP contribution in [0.4, 0.5) is 0 Å². The van der Waals surface area contributed by atoms with Gasteiger partial charge in [0, 0.05) is 19.3 Å². The van der Waals surface area contributed by atoms with E-state index >= 15 is 0 Å². The lowest BCUT2D eigenvalue weighted by molar-refractivity contribution is -0.146. The van der Waals surface area contributed by atoms with E-state index in [1.165, 1.54) is 13.8 Å². The number of hydrogen-bond acceptors (Lipinski definition) is 7. The van der Waals surface area contributed by atoms with Gasteiger partial charge in [-0.2, -0.15) is 0 Å². The third-order valence-electron chi connectivity index (χ3n) is 5.14. The Balaban J connectivity index is 2.09. The summed E-state index contributed by atoms with van der Waals surface area (Å²) >= 11 is 18.8. The van der Waals surface area contributed by atoms with E-state index in [2.05, 4.69) is 0 Å². The maximum absolute atomic E-state index is 11.2. The number of hydrogen-bond donors (Lipinski definition) is 1. The average molecular weight is 548 g/mol. The van der Waals surface area contributed by atoms with Gasteiger partial charge in [0.1, 0.15) is 37.8 Å². The quantitative estimate of drug-likeness (QED) is 0.289. The number of carbonyl (C=O) groups excluding carboxylic acids is 2. The third-order valence-corrected chi connectivity index (χ3v) is 6.04. The van der Waals surface area contributed by atoms with E-state index in [-0.39, 0.29) is 31.5 Å². The molecule has 0 unspecified atom stereocenters. The summed E-state index contributed by atoms with van der Waals surface area (Å²) in [6, 6.07) is 10.9. The Hall–Kier alpha value is -2.19. The third kappa shape index (κ3) is 8.76. The van der Waals surface area contributed by atoms with Gasteiger partial charge in [0.25, 0.3) is 0 Å². The SMILES string of the molecule is CC(=O)OC[C@H](O)COc1ccc(C(C)(C)c2cc(Cl)c(OC[C@@H](CCl)OC(C)=O)c(Cl)c2)cc1. The Kier molecular flexibility index (Phi) is 11.0. The van der Waals surface area contributed by atoms with Crippen molar-refractivity contribution in [1.82, 2.24) is 0 Å². The van der Waals surface area contributed by atoms with Crippen molar-refractivity contribution in [2.45, 2.75) is 45.3 Å². The molecule has 0 aliphatic carbocycles. The molecule has 1 N–H and O–H groups in total. The summed E-state index contributed by atoms with van der Waals surface area (Å²) in [5.41, 5.74) is 1.37. The molecule has 2 aromatic carbocycles. The molecule has 2 aromatic rings. The standard InChI is InChI=1S/C25H29Cl3O7/c1-15(29)32-12-19(31)13-33-20-7-5-17(6-8-20)25(3,4)18-9-22(27)24(23(28)10-18)34-14-21(11-26)35-16(2)30/h5-10,19,21,31H,11-14H2,1-4H3/t19-,21+/m0/s1. The molecule has 0 aliphatic heterocycles. The van der Waals surface area contributed by atoms with Crippen molar-refractivity contribution in [1.29, 1.82) is 0 Å². The van der Waals surface area contributed by atoms with Gasteiger partial charge in [-0.25, -0.2) is 0 Å². The van der Waals surface area contributed by atoms with Crippen molar-refractivity contribution >= 4 is 46.7 Å². The predicted octanol–water partition coefficient (Wildman–Crippen LogP) is 5.17. The molecular formula is C25H29Cl3O7. The van der Waals surface area contributed by atoms with Gasteiger partial charge in [-0.15, -0.1) is 11.6 Å². The molecule has 0 aromatic heterocycles. The van der Waals surface area contributed by atoms with Gasteiger partial charge in [0.05, 0.1) is 15.9 Å². The highest BCUT2D eigenvalue weighted by Crippen LogP contribution is 2.40. The highest BCUT2D eigenvalue weighted by Gasteiger charge is 2.26. The van der Waals surface area contributed by atoms with Gasteiger partial charge >= 0.3 is 11.9 Å². The minimum Gasteiger partial charge on any atom is -0.491 e. The van der Waals surface area contributed by atoms with E-state index in [1.54, 1.807) is 24.3 Å². The summed E-state index contributed by atoms with van der Waals surface area (Å²) in [7, 11) is 0. The summed E-state index contributed by atoms with van der Waals surface area (Å²) < 4.78 is 21.1. The first-order valence-corrected chi connectivity index (χ1v) is 12.1. The van der Waals surface area contributed by atoms with Crippen LogP contribution in [0.1, 0.15) is 38.8 Å². The zero-order valence-electron chi connectivity index (χ0n) is 20.0. The van der Waals surface area contributed by atoms with Crippen molar-refractivity contribution in [3.8, 4) is 11.5 Å². The first-order chi connectivity index (χ1) is 16.4. The van der Waals surface area contributed by atoms with E-state index in [1.807, 2.05) is 26.0 Å². The summed E-state index contributed by atoms with van der Waals surface area (Å²) in [4.78, 5) is 22.0. The summed E-state index contributed by atoms with van der Waals surface area (Å²) in [5.74, 6) is 0.00392. The number of rotatable bonds is 12. The van der Waals surface area contributed by atoms with Crippen molar-refractivity contribution in [2.24, 2.45) is 0 Å². The number of aliphatic hydroxyl groups excluding tert-OH is 1. The van der Waals surface area contributed by atoms with Crippen LogP contribution in [0.2, 0.25) is 10.0 Å². The fourth-order valence-corrected chi connectivity index (χ4v) is 3.92. The smallest absolute Gasteiger partial charge is 0.303 e. The molecule has 0 fully saturated rings. The van der Waals surface area contributed by atoms with E-state index < -0.39 is 29.6 Å². The average Bonchev–Trinajstić information content (AvgIpc) is 2.79. The number of aliphatic hydroxyl groups is 1. The van der Waals surface area contributed by atoms with Gasteiger partial charge in [-0.05, 0) is 35.4 Å². The molecule has 0 amide bonds. The Morgan fingerprint density at radius 3 is 2.03 bits per heavy atom. The zero-order valence-corrected chi connectivity index (χ0v) is 22.2. The van der Waals surface area contributed by atoms with Crippen molar-refractivity contribution in [3.63, 3.8) is 0 Å². The second-order valence-electron chi connectivity index (χ2n) is 8.38. The number of halogens is 3. The second-order valence-corrected chi connectivity index (χ2v) is 9.51. The van der Waals surface area contributed by atoms with Gasteiger partial charge in [0.15, 0.2) is 5.75 Å². The fraction of sp³-hybridized carbons (Fsp3) is 0.440. The molecular weight excluding hydrogens is 519 g/mol. The maximum Gasteiger partial charge on any atom is 0.303 e. The van der Waals surface area contributed by atoms with Crippen LogP contribution in [0.15, 0.2) is 36.4 Å². The van der Waals surface area contributed by atoms with Crippen molar-refractivity contribution in [3.05, 3.63) is 57.6 Å². The molecule has 0 saturated heterocycles. The van der Waals surface area contributed by atoms with E-state index in [4.69, 9.17) is 53.8 Å². The minimum absolute atomic E-state index is 0.00920. The largest absolute Gasteiger partial charge is 0.491 e. The van der Waals surface area contributed by atoms with Crippen molar-refractivity contribution in [2.75, 3.05) is 25.7 Å². The fourth-order valence-electron chi connectivity index (χ4n) is 3.17. The molecule has 0 saturated carbocycles. The lowest BCUT2D eigenvalue weighted by atomic mass is 9.78. The number of benzene rings is 2. The molecule has 192 valence electrons. The van der Waals surface area contributed by atoms with Crippen LogP contribution in [0, 0.1) is 0 Å². The molecule has 35 heavy (non-hydrogen) atoms. The Labute approximate surface area is 220 Å². The van der Waals surface area contributed by atoms with Crippen LogP contribution in [0.5, 0.6) is 11.5 Å². The second kappa shape index (κ2) is 13.2. The van der Waals surface area contributed by atoms with E-state index in [0.717, 1.165) is 11.1 Å².